The number of hydrogen-bond donors (Lipinski definition) is 2. The van der Waals surface area contributed by atoms with Gasteiger partial charge < -0.3 is 29.2 Å². The summed E-state index contributed by atoms with van der Waals surface area (Å²) in [4.78, 5) is 29.0. The molecule has 2 N–H and O–H groups in total. The van der Waals surface area contributed by atoms with Gasteiger partial charge in [-0.05, 0) is 95.2 Å². The first-order chi connectivity index (χ1) is 19.0. The minimum atomic E-state index is -2.15. The van der Waals surface area contributed by atoms with E-state index in [4.69, 9.17) is 18.9 Å². The van der Waals surface area contributed by atoms with Gasteiger partial charge in [-0.2, -0.15) is 0 Å². The zero-order valence-electron chi connectivity index (χ0n) is 23.9. The summed E-state index contributed by atoms with van der Waals surface area (Å²) in [7, 11) is 0. The molecule has 1 fully saturated rings. The molecule has 0 aromatic heterocycles. The van der Waals surface area contributed by atoms with Crippen molar-refractivity contribution in [3.8, 4) is 11.5 Å². The molecule has 3 aliphatic heterocycles. The van der Waals surface area contributed by atoms with Gasteiger partial charge >= 0.3 is 11.9 Å². The lowest BCUT2D eigenvalue weighted by Gasteiger charge is -2.40. The SMILES string of the molecule is C/C=C/COC(=O)CC(O)(CCC(C)(C)O)C(=O)OC1C(C)=C[C@]23CCCN2CCc2cc4c(cc2[C@H]13)OCO4. The van der Waals surface area contributed by atoms with Crippen molar-refractivity contribution in [1.29, 1.82) is 0 Å². The topological polar surface area (TPSA) is 115 Å². The number of rotatable bonds is 9. The van der Waals surface area contributed by atoms with Crippen LogP contribution in [0.1, 0.15) is 76.8 Å². The van der Waals surface area contributed by atoms with Crippen molar-refractivity contribution >= 4 is 11.9 Å². The molecule has 4 atom stereocenters. The molecule has 5 rings (SSSR count). The number of carbonyl (C=O) groups excluding carboxylic acids is 2. The molecular formula is C31H41NO8. The van der Waals surface area contributed by atoms with Crippen LogP contribution in [0.25, 0.3) is 0 Å². The Balaban J connectivity index is 1.47. The van der Waals surface area contributed by atoms with E-state index in [0.29, 0.717) is 5.75 Å². The van der Waals surface area contributed by atoms with Gasteiger partial charge in [-0.1, -0.05) is 18.2 Å². The van der Waals surface area contributed by atoms with Gasteiger partial charge in [0.1, 0.15) is 12.7 Å². The number of ether oxygens (including phenoxy) is 4. The Hall–Kier alpha value is -2.88. The average molecular weight is 556 g/mol. The van der Waals surface area contributed by atoms with Gasteiger partial charge in [-0.3, -0.25) is 9.69 Å². The van der Waals surface area contributed by atoms with Gasteiger partial charge in [0.05, 0.1) is 17.6 Å². The maximum absolute atomic E-state index is 13.8. The van der Waals surface area contributed by atoms with Crippen LogP contribution in [-0.4, -0.2) is 76.4 Å². The molecule has 1 spiro atoms. The summed E-state index contributed by atoms with van der Waals surface area (Å²) in [5.74, 6) is -0.390. The Morgan fingerprint density at radius 2 is 1.93 bits per heavy atom. The van der Waals surface area contributed by atoms with Crippen LogP contribution in [0.15, 0.2) is 35.9 Å². The molecule has 0 saturated carbocycles. The second-order valence-corrected chi connectivity index (χ2v) is 12.2. The molecule has 1 aromatic carbocycles. The number of carbonyl (C=O) groups is 2. The fourth-order valence-corrected chi connectivity index (χ4v) is 6.73. The summed E-state index contributed by atoms with van der Waals surface area (Å²) in [5.41, 5.74) is -0.506. The molecule has 9 heteroatoms. The van der Waals surface area contributed by atoms with Crippen LogP contribution in [0.4, 0.5) is 0 Å². The summed E-state index contributed by atoms with van der Waals surface area (Å²) in [6.45, 7) is 9.01. The summed E-state index contributed by atoms with van der Waals surface area (Å²) in [6.07, 6.45) is 7.19. The maximum atomic E-state index is 13.8. The van der Waals surface area contributed by atoms with Gasteiger partial charge in [0.25, 0.3) is 0 Å². The van der Waals surface area contributed by atoms with Crippen LogP contribution in [0, 0.1) is 0 Å². The molecule has 40 heavy (non-hydrogen) atoms. The van der Waals surface area contributed by atoms with E-state index in [1.807, 2.05) is 19.1 Å². The zero-order chi connectivity index (χ0) is 28.7. The lowest BCUT2D eigenvalue weighted by molar-refractivity contribution is -0.178. The summed E-state index contributed by atoms with van der Waals surface area (Å²) in [5, 5.41) is 22.0. The standard InChI is InChI=1S/C31H41NO8/c1-5-6-14-37-25(33)18-31(36,11-10-29(3,4)35)28(34)40-27-20(2)17-30-9-7-12-32(30)13-8-21-15-23-24(39-19-38-23)16-22(21)26(27)30/h5-6,15-17,26-27,35-36H,7-14,18-19H2,1-4H3/b6-5+/t26-,27?,30+,31?/m1/s1. The Morgan fingerprint density at radius 1 is 1.18 bits per heavy atom. The fraction of sp³-hybridized carbons (Fsp3) is 0.613. The number of hydrogen-bond acceptors (Lipinski definition) is 9. The number of nitrogens with zero attached hydrogens (tertiary/aromatic N) is 1. The highest BCUT2D eigenvalue weighted by molar-refractivity contribution is 5.86. The molecule has 218 valence electrons. The summed E-state index contributed by atoms with van der Waals surface area (Å²) < 4.78 is 22.8. The number of allylic oxidation sites excluding steroid dienone is 1. The minimum absolute atomic E-state index is 0.0454. The number of aliphatic hydroxyl groups is 2. The second-order valence-electron chi connectivity index (χ2n) is 12.2. The molecular weight excluding hydrogens is 514 g/mol. The highest BCUT2D eigenvalue weighted by Crippen LogP contribution is 2.55. The number of benzene rings is 1. The zero-order valence-corrected chi connectivity index (χ0v) is 23.9. The summed E-state index contributed by atoms with van der Waals surface area (Å²) >= 11 is 0. The lowest BCUT2D eigenvalue weighted by Crippen LogP contribution is -2.49. The second kappa shape index (κ2) is 10.8. The van der Waals surface area contributed by atoms with Crippen molar-refractivity contribution < 1.29 is 38.7 Å². The van der Waals surface area contributed by atoms with Crippen molar-refractivity contribution in [3.05, 3.63) is 47.1 Å². The van der Waals surface area contributed by atoms with Crippen molar-refractivity contribution in [2.45, 2.75) is 95.0 Å². The van der Waals surface area contributed by atoms with Crippen LogP contribution in [0.2, 0.25) is 0 Å². The van der Waals surface area contributed by atoms with Crippen LogP contribution in [0.3, 0.4) is 0 Å². The Kier molecular flexibility index (Phi) is 7.76. The maximum Gasteiger partial charge on any atom is 0.339 e. The average Bonchev–Trinajstić information content (AvgIpc) is 3.56. The Labute approximate surface area is 235 Å². The van der Waals surface area contributed by atoms with E-state index >= 15 is 0 Å². The van der Waals surface area contributed by atoms with Gasteiger partial charge in [-0.25, -0.2) is 4.79 Å². The molecule has 0 bridgehead atoms. The molecule has 1 aromatic rings. The molecule has 1 aliphatic carbocycles. The van der Waals surface area contributed by atoms with E-state index in [1.165, 1.54) is 0 Å². The predicted octanol–water partition coefficient (Wildman–Crippen LogP) is 3.55. The smallest absolute Gasteiger partial charge is 0.339 e. The minimum Gasteiger partial charge on any atom is -0.461 e. The molecule has 0 amide bonds. The quantitative estimate of drug-likeness (QED) is 0.349. The summed E-state index contributed by atoms with van der Waals surface area (Å²) in [6, 6.07) is 4.07. The van der Waals surface area contributed by atoms with Gasteiger partial charge in [0.2, 0.25) is 6.79 Å². The third kappa shape index (κ3) is 5.39. The lowest BCUT2D eigenvalue weighted by atomic mass is 9.77. The fourth-order valence-electron chi connectivity index (χ4n) is 6.73. The number of esters is 2. The van der Waals surface area contributed by atoms with Crippen molar-refractivity contribution in [1.82, 2.24) is 4.90 Å². The molecule has 3 heterocycles. The third-order valence-electron chi connectivity index (χ3n) is 8.76. The van der Waals surface area contributed by atoms with E-state index in [9.17, 15) is 19.8 Å². The van der Waals surface area contributed by atoms with Gasteiger partial charge in [0.15, 0.2) is 17.1 Å². The molecule has 2 unspecified atom stereocenters. The molecule has 1 saturated heterocycles. The molecule has 4 aliphatic rings. The van der Waals surface area contributed by atoms with Gasteiger partial charge in [-0.15, -0.1) is 0 Å². The van der Waals surface area contributed by atoms with E-state index in [-0.39, 0.29) is 37.7 Å². The van der Waals surface area contributed by atoms with Crippen molar-refractivity contribution in [2.75, 3.05) is 26.5 Å². The first-order valence-corrected chi connectivity index (χ1v) is 14.3. The normalized spacial score (nSPS) is 26.9. The third-order valence-corrected chi connectivity index (χ3v) is 8.76. The largest absolute Gasteiger partial charge is 0.461 e. The highest BCUT2D eigenvalue weighted by atomic mass is 16.7. The Bertz CT molecular complexity index is 1220. The molecule has 0 radical (unpaired) electrons. The van der Waals surface area contributed by atoms with Crippen molar-refractivity contribution in [2.24, 2.45) is 0 Å². The number of fused-ring (bicyclic) bond motifs is 3. The van der Waals surface area contributed by atoms with Crippen LogP contribution in [-0.2, 0) is 25.5 Å². The molecule has 9 nitrogen and oxygen atoms in total. The predicted molar refractivity (Wildman–Crippen MR) is 147 cm³/mol. The first-order valence-electron chi connectivity index (χ1n) is 14.3. The van der Waals surface area contributed by atoms with Crippen LogP contribution < -0.4 is 9.47 Å². The van der Waals surface area contributed by atoms with Crippen LogP contribution >= 0.6 is 0 Å². The van der Waals surface area contributed by atoms with E-state index in [1.54, 1.807) is 32.9 Å². The Morgan fingerprint density at radius 3 is 2.65 bits per heavy atom. The monoisotopic (exact) mass is 555 g/mol. The first kappa shape index (κ1) is 28.6. The van der Waals surface area contributed by atoms with Crippen molar-refractivity contribution in [3.63, 3.8) is 0 Å². The van der Waals surface area contributed by atoms with E-state index < -0.39 is 35.7 Å². The van der Waals surface area contributed by atoms with E-state index in [0.717, 1.165) is 54.8 Å². The van der Waals surface area contributed by atoms with E-state index in [2.05, 4.69) is 11.0 Å². The van der Waals surface area contributed by atoms with Gasteiger partial charge in [0, 0.05) is 12.5 Å². The highest BCUT2D eigenvalue weighted by Gasteiger charge is 2.57. The van der Waals surface area contributed by atoms with Crippen LogP contribution in [0.5, 0.6) is 11.5 Å².